The van der Waals surface area contributed by atoms with Crippen LogP contribution in [-0.2, 0) is 33.4 Å². The molecule has 0 N–H and O–H groups in total. The van der Waals surface area contributed by atoms with Crippen molar-refractivity contribution in [2.45, 2.75) is 64.6 Å². The van der Waals surface area contributed by atoms with Crippen LogP contribution in [0.3, 0.4) is 0 Å². The van der Waals surface area contributed by atoms with Crippen molar-refractivity contribution in [2.75, 3.05) is 13.4 Å². The molecule has 1 fully saturated rings. The molecule has 0 radical (unpaired) electrons. The zero-order valence-corrected chi connectivity index (χ0v) is 15.9. The Bertz CT molecular complexity index is 539. The van der Waals surface area contributed by atoms with Gasteiger partial charge in [-0.05, 0) is 52.4 Å². The molecule has 0 amide bonds. The van der Waals surface area contributed by atoms with Crippen LogP contribution in [0.1, 0.15) is 52.9 Å². The summed E-state index contributed by atoms with van der Waals surface area (Å²) in [5.74, 6) is -1.51. The number of carbonyl (C=O) groups is 2. The third-order valence-corrected chi connectivity index (χ3v) is 4.53. The fourth-order valence-corrected chi connectivity index (χ4v) is 3.68. The van der Waals surface area contributed by atoms with Crippen LogP contribution in [-0.4, -0.2) is 45.4 Å². The predicted molar refractivity (Wildman–Crippen MR) is 87.6 cm³/mol. The van der Waals surface area contributed by atoms with E-state index in [0.29, 0.717) is 25.7 Å². The maximum Gasteiger partial charge on any atom is 0.309 e. The SMILES string of the molecule is COC(=O)[C@@H](CC(=O)OC(C)(C)C)C1CCC(OS(C)(=O)=O)CC1. The Morgan fingerprint density at radius 3 is 2.08 bits per heavy atom. The van der Waals surface area contributed by atoms with Gasteiger partial charge in [0.1, 0.15) is 5.60 Å². The molecule has 0 saturated heterocycles. The Morgan fingerprint density at radius 1 is 1.12 bits per heavy atom. The lowest BCUT2D eigenvalue weighted by atomic mass is 9.77. The molecular weight excluding hydrogens is 336 g/mol. The number of hydrogen-bond donors (Lipinski definition) is 0. The number of ether oxygens (including phenoxy) is 2. The molecule has 0 aromatic heterocycles. The van der Waals surface area contributed by atoms with Gasteiger partial charge in [0.2, 0.25) is 0 Å². The molecule has 0 spiro atoms. The van der Waals surface area contributed by atoms with E-state index < -0.39 is 33.6 Å². The molecule has 1 atom stereocenters. The Balaban J connectivity index is 2.67. The van der Waals surface area contributed by atoms with Gasteiger partial charge in [0.25, 0.3) is 10.1 Å². The lowest BCUT2D eigenvalue weighted by molar-refractivity contribution is -0.162. The van der Waals surface area contributed by atoms with Gasteiger partial charge in [0.05, 0.1) is 31.8 Å². The number of methoxy groups -OCH3 is 1. The van der Waals surface area contributed by atoms with E-state index in [4.69, 9.17) is 13.7 Å². The second kappa shape index (κ2) is 8.29. The largest absolute Gasteiger partial charge is 0.469 e. The summed E-state index contributed by atoms with van der Waals surface area (Å²) < 4.78 is 37.5. The van der Waals surface area contributed by atoms with Crippen molar-refractivity contribution in [1.29, 1.82) is 0 Å². The highest BCUT2D eigenvalue weighted by molar-refractivity contribution is 7.86. The molecule has 1 aliphatic carbocycles. The second-order valence-corrected chi connectivity index (χ2v) is 8.86. The first-order valence-corrected chi connectivity index (χ1v) is 9.91. The van der Waals surface area contributed by atoms with Gasteiger partial charge in [-0.2, -0.15) is 8.42 Å². The van der Waals surface area contributed by atoms with Gasteiger partial charge in [-0.25, -0.2) is 0 Å². The lowest BCUT2D eigenvalue weighted by Crippen LogP contribution is -2.34. The van der Waals surface area contributed by atoms with Gasteiger partial charge in [0, 0.05) is 0 Å². The van der Waals surface area contributed by atoms with E-state index in [1.807, 2.05) is 0 Å². The summed E-state index contributed by atoms with van der Waals surface area (Å²) >= 11 is 0. The quantitative estimate of drug-likeness (QED) is 0.525. The lowest BCUT2D eigenvalue weighted by Gasteiger charge is -2.32. The summed E-state index contributed by atoms with van der Waals surface area (Å²) in [6.45, 7) is 5.31. The summed E-state index contributed by atoms with van der Waals surface area (Å²) in [6.07, 6.45) is 2.88. The van der Waals surface area contributed by atoms with E-state index in [-0.39, 0.29) is 18.4 Å². The standard InChI is InChI=1S/C16H28O7S/c1-16(2,3)22-14(17)10-13(15(18)21-4)11-6-8-12(9-7-11)23-24(5,19)20/h11-13H,6-10H2,1-5H3/t11?,12?,13-/m0/s1. The summed E-state index contributed by atoms with van der Waals surface area (Å²) in [5, 5.41) is 0. The van der Waals surface area contributed by atoms with Crippen LogP contribution in [0.2, 0.25) is 0 Å². The van der Waals surface area contributed by atoms with Crippen molar-refractivity contribution in [3.05, 3.63) is 0 Å². The average molecular weight is 364 g/mol. The molecular formula is C16H28O7S. The summed E-state index contributed by atoms with van der Waals surface area (Å²) in [7, 11) is -2.19. The molecule has 0 aromatic carbocycles. The van der Waals surface area contributed by atoms with Crippen LogP contribution >= 0.6 is 0 Å². The minimum atomic E-state index is -3.49. The molecule has 7 nitrogen and oxygen atoms in total. The van der Waals surface area contributed by atoms with E-state index >= 15 is 0 Å². The molecule has 0 unspecified atom stereocenters. The second-order valence-electron chi connectivity index (χ2n) is 7.26. The molecule has 0 bridgehead atoms. The third-order valence-electron chi connectivity index (χ3n) is 3.91. The van der Waals surface area contributed by atoms with Crippen LogP contribution < -0.4 is 0 Å². The van der Waals surface area contributed by atoms with Gasteiger partial charge in [-0.1, -0.05) is 0 Å². The molecule has 8 heteroatoms. The smallest absolute Gasteiger partial charge is 0.309 e. The monoisotopic (exact) mass is 364 g/mol. The van der Waals surface area contributed by atoms with E-state index in [1.54, 1.807) is 20.8 Å². The minimum absolute atomic E-state index is 0.0355. The highest BCUT2D eigenvalue weighted by atomic mass is 32.2. The highest BCUT2D eigenvalue weighted by Crippen LogP contribution is 2.34. The Hall–Kier alpha value is -1.15. The van der Waals surface area contributed by atoms with Gasteiger partial charge in [-0.3, -0.25) is 13.8 Å². The van der Waals surface area contributed by atoms with E-state index in [9.17, 15) is 18.0 Å². The van der Waals surface area contributed by atoms with E-state index in [0.717, 1.165) is 6.26 Å². The van der Waals surface area contributed by atoms with Crippen LogP contribution in [0.25, 0.3) is 0 Å². The predicted octanol–water partition coefficient (Wildman–Crippen LogP) is 2.04. The first-order chi connectivity index (χ1) is 10.9. The summed E-state index contributed by atoms with van der Waals surface area (Å²) in [6, 6.07) is 0. The Labute approximate surface area is 144 Å². The molecule has 24 heavy (non-hydrogen) atoms. The zero-order chi connectivity index (χ0) is 18.5. The number of carbonyl (C=O) groups excluding carboxylic acids is 2. The highest BCUT2D eigenvalue weighted by Gasteiger charge is 2.36. The Morgan fingerprint density at radius 2 is 1.67 bits per heavy atom. The molecule has 1 saturated carbocycles. The first-order valence-electron chi connectivity index (χ1n) is 8.09. The van der Waals surface area contributed by atoms with Gasteiger partial charge >= 0.3 is 11.9 Å². The fraction of sp³-hybridized carbons (Fsp3) is 0.875. The Kier molecular flexibility index (Phi) is 7.22. The summed E-state index contributed by atoms with van der Waals surface area (Å²) in [4.78, 5) is 24.1. The number of hydrogen-bond acceptors (Lipinski definition) is 7. The van der Waals surface area contributed by atoms with E-state index in [2.05, 4.69) is 0 Å². The molecule has 0 heterocycles. The van der Waals surface area contributed by atoms with Crippen molar-refractivity contribution in [3.63, 3.8) is 0 Å². The first kappa shape index (κ1) is 20.9. The third kappa shape index (κ3) is 7.61. The van der Waals surface area contributed by atoms with Crippen LogP contribution in [0.4, 0.5) is 0 Å². The maximum atomic E-state index is 12.1. The van der Waals surface area contributed by atoms with Gasteiger partial charge in [-0.15, -0.1) is 0 Å². The van der Waals surface area contributed by atoms with Crippen molar-refractivity contribution in [2.24, 2.45) is 11.8 Å². The molecule has 0 aromatic rings. The van der Waals surface area contributed by atoms with Crippen molar-refractivity contribution in [1.82, 2.24) is 0 Å². The minimum Gasteiger partial charge on any atom is -0.469 e. The fourth-order valence-electron chi connectivity index (χ4n) is 2.99. The molecule has 140 valence electrons. The van der Waals surface area contributed by atoms with Crippen molar-refractivity contribution < 1.29 is 31.7 Å². The normalized spacial score (nSPS) is 23.4. The summed E-state index contributed by atoms with van der Waals surface area (Å²) in [5.41, 5.74) is -0.612. The van der Waals surface area contributed by atoms with Gasteiger partial charge in [0.15, 0.2) is 0 Å². The topological polar surface area (TPSA) is 96.0 Å². The van der Waals surface area contributed by atoms with Crippen LogP contribution in [0.5, 0.6) is 0 Å². The van der Waals surface area contributed by atoms with Crippen molar-refractivity contribution in [3.8, 4) is 0 Å². The average Bonchev–Trinajstić information content (AvgIpc) is 2.41. The van der Waals surface area contributed by atoms with E-state index in [1.165, 1.54) is 7.11 Å². The number of esters is 2. The molecule has 1 rings (SSSR count). The number of rotatable bonds is 6. The van der Waals surface area contributed by atoms with Crippen LogP contribution in [0, 0.1) is 11.8 Å². The van der Waals surface area contributed by atoms with Gasteiger partial charge < -0.3 is 9.47 Å². The van der Waals surface area contributed by atoms with Crippen molar-refractivity contribution >= 4 is 22.1 Å². The van der Waals surface area contributed by atoms with Crippen LogP contribution in [0.15, 0.2) is 0 Å². The molecule has 0 aliphatic heterocycles. The maximum absolute atomic E-state index is 12.1. The zero-order valence-electron chi connectivity index (χ0n) is 15.0. The molecule has 1 aliphatic rings.